The van der Waals surface area contributed by atoms with Crippen LogP contribution in [0.1, 0.15) is 16.1 Å². The van der Waals surface area contributed by atoms with Crippen molar-refractivity contribution in [2.45, 2.75) is 11.4 Å². The number of anilines is 1. The van der Waals surface area contributed by atoms with Gasteiger partial charge in [-0.25, -0.2) is 0 Å². The standard InChI is InChI=1S/C20H17ClN2O3S/c21-16-8-2-4-10-18(16)27-13-19(24)23-17-9-3-1-7-15(17)20(25)22-12-14-6-5-11-26-14/h1-11H,12-13H2,(H,22,25)(H,23,24). The molecule has 0 unspecified atom stereocenters. The van der Waals surface area contributed by atoms with Crippen molar-refractivity contribution >= 4 is 40.9 Å². The van der Waals surface area contributed by atoms with Crippen molar-refractivity contribution in [3.05, 3.63) is 83.3 Å². The number of furan rings is 1. The first kappa shape index (κ1) is 19.1. The molecule has 0 aliphatic heterocycles. The van der Waals surface area contributed by atoms with Gasteiger partial charge in [0.25, 0.3) is 5.91 Å². The minimum absolute atomic E-state index is 0.187. The van der Waals surface area contributed by atoms with Gasteiger partial charge in [-0.3, -0.25) is 9.59 Å². The maximum atomic E-state index is 12.4. The predicted molar refractivity (Wildman–Crippen MR) is 107 cm³/mol. The molecule has 1 aromatic heterocycles. The SMILES string of the molecule is O=C(CSc1ccccc1Cl)Nc1ccccc1C(=O)NCc1ccco1. The van der Waals surface area contributed by atoms with E-state index in [9.17, 15) is 9.59 Å². The second-order valence-electron chi connectivity index (χ2n) is 5.57. The third-order valence-electron chi connectivity index (χ3n) is 3.64. The first-order valence-electron chi connectivity index (χ1n) is 8.20. The summed E-state index contributed by atoms with van der Waals surface area (Å²) in [6, 6.07) is 17.7. The number of hydrogen-bond donors (Lipinski definition) is 2. The van der Waals surface area contributed by atoms with Gasteiger partial charge in [0, 0.05) is 4.90 Å². The first-order valence-corrected chi connectivity index (χ1v) is 9.56. The quantitative estimate of drug-likeness (QED) is 0.569. The first-order chi connectivity index (χ1) is 13.1. The van der Waals surface area contributed by atoms with E-state index in [1.165, 1.54) is 11.8 Å². The van der Waals surface area contributed by atoms with E-state index in [0.29, 0.717) is 22.0 Å². The molecule has 2 amide bonds. The van der Waals surface area contributed by atoms with E-state index in [-0.39, 0.29) is 24.1 Å². The van der Waals surface area contributed by atoms with Crippen LogP contribution in [-0.2, 0) is 11.3 Å². The Morgan fingerprint density at radius 1 is 1.00 bits per heavy atom. The summed E-state index contributed by atoms with van der Waals surface area (Å²) in [5.41, 5.74) is 0.847. The molecule has 2 aromatic carbocycles. The Hall–Kier alpha value is -2.70. The number of hydrogen-bond acceptors (Lipinski definition) is 4. The van der Waals surface area contributed by atoms with Crippen molar-refractivity contribution in [1.82, 2.24) is 5.32 Å². The molecule has 3 aromatic rings. The van der Waals surface area contributed by atoms with Gasteiger partial charge < -0.3 is 15.1 Å². The Balaban J connectivity index is 1.60. The van der Waals surface area contributed by atoms with Crippen LogP contribution in [0.2, 0.25) is 5.02 Å². The van der Waals surface area contributed by atoms with Crippen molar-refractivity contribution in [3.8, 4) is 0 Å². The Kier molecular flexibility index (Phi) is 6.57. The molecule has 0 aliphatic rings. The van der Waals surface area contributed by atoms with Crippen molar-refractivity contribution in [2.24, 2.45) is 0 Å². The molecule has 0 spiro atoms. The molecule has 0 saturated heterocycles. The molecule has 0 aliphatic carbocycles. The second kappa shape index (κ2) is 9.30. The zero-order chi connectivity index (χ0) is 19.1. The monoisotopic (exact) mass is 400 g/mol. The van der Waals surface area contributed by atoms with Crippen LogP contribution < -0.4 is 10.6 Å². The highest BCUT2D eigenvalue weighted by atomic mass is 35.5. The van der Waals surface area contributed by atoms with E-state index in [0.717, 1.165) is 4.90 Å². The fraction of sp³-hybridized carbons (Fsp3) is 0.100. The van der Waals surface area contributed by atoms with E-state index in [4.69, 9.17) is 16.0 Å². The number of para-hydroxylation sites is 1. The van der Waals surface area contributed by atoms with Crippen LogP contribution in [0.3, 0.4) is 0 Å². The minimum Gasteiger partial charge on any atom is -0.467 e. The molecule has 0 atom stereocenters. The van der Waals surface area contributed by atoms with Gasteiger partial charge in [-0.2, -0.15) is 0 Å². The molecule has 5 nitrogen and oxygen atoms in total. The molecule has 138 valence electrons. The summed E-state index contributed by atoms with van der Waals surface area (Å²) >= 11 is 7.44. The predicted octanol–water partition coefficient (Wildman–Crippen LogP) is 4.59. The number of amides is 2. The number of carbonyl (C=O) groups is 2. The van der Waals surface area contributed by atoms with Crippen molar-refractivity contribution in [2.75, 3.05) is 11.1 Å². The highest BCUT2D eigenvalue weighted by Crippen LogP contribution is 2.26. The lowest BCUT2D eigenvalue weighted by atomic mass is 10.1. The molecule has 3 rings (SSSR count). The number of benzene rings is 2. The van der Waals surface area contributed by atoms with Gasteiger partial charge in [-0.1, -0.05) is 35.9 Å². The van der Waals surface area contributed by atoms with Crippen molar-refractivity contribution in [3.63, 3.8) is 0 Å². The van der Waals surface area contributed by atoms with E-state index >= 15 is 0 Å². The van der Waals surface area contributed by atoms with Crippen LogP contribution in [-0.4, -0.2) is 17.6 Å². The third-order valence-corrected chi connectivity index (χ3v) is 5.16. The lowest BCUT2D eigenvalue weighted by Gasteiger charge is -2.11. The van der Waals surface area contributed by atoms with E-state index in [2.05, 4.69) is 10.6 Å². The average Bonchev–Trinajstić information content (AvgIpc) is 3.19. The number of rotatable bonds is 7. The largest absolute Gasteiger partial charge is 0.467 e. The Morgan fingerprint density at radius 2 is 1.78 bits per heavy atom. The van der Waals surface area contributed by atoms with Crippen LogP contribution in [0, 0.1) is 0 Å². The molecule has 2 N–H and O–H groups in total. The normalized spacial score (nSPS) is 10.4. The number of halogens is 1. The molecular weight excluding hydrogens is 384 g/mol. The second-order valence-corrected chi connectivity index (χ2v) is 7.00. The van der Waals surface area contributed by atoms with Gasteiger partial charge in [0.1, 0.15) is 5.76 Å². The molecule has 0 bridgehead atoms. The Bertz CT molecular complexity index is 928. The zero-order valence-corrected chi connectivity index (χ0v) is 15.8. The van der Waals surface area contributed by atoms with Crippen LogP contribution in [0.15, 0.2) is 76.2 Å². The molecule has 7 heteroatoms. The summed E-state index contributed by atoms with van der Waals surface area (Å²) in [6.45, 7) is 0.274. The number of thioether (sulfide) groups is 1. The molecule has 0 radical (unpaired) electrons. The lowest BCUT2D eigenvalue weighted by Crippen LogP contribution is -2.25. The molecule has 27 heavy (non-hydrogen) atoms. The number of nitrogens with one attached hydrogen (secondary N) is 2. The van der Waals surface area contributed by atoms with E-state index in [1.807, 2.05) is 18.2 Å². The summed E-state index contributed by atoms with van der Waals surface area (Å²) in [5.74, 6) is 0.333. The van der Waals surface area contributed by atoms with Crippen molar-refractivity contribution in [1.29, 1.82) is 0 Å². The highest BCUT2D eigenvalue weighted by Gasteiger charge is 2.14. The fourth-order valence-corrected chi connectivity index (χ4v) is 3.40. The highest BCUT2D eigenvalue weighted by molar-refractivity contribution is 8.00. The Labute approximate surface area is 166 Å². The average molecular weight is 401 g/mol. The topological polar surface area (TPSA) is 71.3 Å². The summed E-state index contributed by atoms with van der Waals surface area (Å²) in [4.78, 5) is 25.6. The smallest absolute Gasteiger partial charge is 0.253 e. The third kappa shape index (κ3) is 5.39. The summed E-state index contributed by atoms with van der Waals surface area (Å²) < 4.78 is 5.20. The van der Waals surface area contributed by atoms with E-state index in [1.54, 1.807) is 48.7 Å². The fourth-order valence-electron chi connectivity index (χ4n) is 2.36. The van der Waals surface area contributed by atoms with Gasteiger partial charge in [-0.05, 0) is 36.4 Å². The van der Waals surface area contributed by atoms with Gasteiger partial charge in [0.15, 0.2) is 0 Å². The summed E-state index contributed by atoms with van der Waals surface area (Å²) in [5, 5.41) is 6.17. The molecular formula is C20H17ClN2O3S. The van der Waals surface area contributed by atoms with Gasteiger partial charge >= 0.3 is 0 Å². The van der Waals surface area contributed by atoms with Gasteiger partial charge in [-0.15, -0.1) is 11.8 Å². The van der Waals surface area contributed by atoms with Gasteiger partial charge in [0.05, 0.1) is 34.8 Å². The van der Waals surface area contributed by atoms with Gasteiger partial charge in [0.2, 0.25) is 5.91 Å². The Morgan fingerprint density at radius 3 is 2.56 bits per heavy atom. The lowest BCUT2D eigenvalue weighted by molar-refractivity contribution is -0.113. The van der Waals surface area contributed by atoms with Crippen LogP contribution in [0.5, 0.6) is 0 Å². The molecule has 0 saturated carbocycles. The number of carbonyl (C=O) groups excluding carboxylic acids is 2. The molecule has 1 heterocycles. The van der Waals surface area contributed by atoms with Crippen LogP contribution in [0.4, 0.5) is 5.69 Å². The maximum Gasteiger partial charge on any atom is 0.253 e. The zero-order valence-electron chi connectivity index (χ0n) is 14.3. The maximum absolute atomic E-state index is 12.4. The van der Waals surface area contributed by atoms with E-state index < -0.39 is 0 Å². The minimum atomic E-state index is -0.291. The summed E-state index contributed by atoms with van der Waals surface area (Å²) in [7, 11) is 0. The van der Waals surface area contributed by atoms with Crippen molar-refractivity contribution < 1.29 is 14.0 Å². The molecule has 0 fully saturated rings. The summed E-state index contributed by atoms with van der Waals surface area (Å²) in [6.07, 6.45) is 1.55. The van der Waals surface area contributed by atoms with Crippen LogP contribution >= 0.6 is 23.4 Å². The van der Waals surface area contributed by atoms with Crippen LogP contribution in [0.25, 0.3) is 0 Å².